The molecule has 0 radical (unpaired) electrons. The van der Waals surface area contributed by atoms with Crippen molar-refractivity contribution < 1.29 is 10.2 Å². The second-order valence-electron chi connectivity index (χ2n) is 4.56. The molecule has 0 aliphatic rings. The van der Waals surface area contributed by atoms with Gasteiger partial charge in [-0.3, -0.25) is 0 Å². The lowest BCUT2D eigenvalue weighted by atomic mass is 9.85. The molecule has 2 unspecified atom stereocenters. The highest BCUT2D eigenvalue weighted by Crippen LogP contribution is 2.26. The summed E-state index contributed by atoms with van der Waals surface area (Å²) in [5.74, 6) is 0.853. The van der Waals surface area contributed by atoms with Crippen molar-refractivity contribution >= 4 is 11.8 Å². The number of aliphatic hydroxyl groups excluding tert-OH is 2. The van der Waals surface area contributed by atoms with Gasteiger partial charge in [0.25, 0.3) is 0 Å². The molecule has 0 aromatic carbocycles. The van der Waals surface area contributed by atoms with Gasteiger partial charge in [-0.15, -0.1) is 0 Å². The monoisotopic (exact) mass is 221 g/mol. The smallest absolute Gasteiger partial charge is 0.0565 e. The Labute approximate surface area is 91.1 Å². The molecular weight excluding hydrogens is 198 g/mol. The van der Waals surface area contributed by atoms with Gasteiger partial charge in [-0.2, -0.15) is 11.8 Å². The van der Waals surface area contributed by atoms with E-state index in [1.165, 1.54) is 0 Å². The lowest BCUT2D eigenvalue weighted by Crippen LogP contribution is -2.45. The van der Waals surface area contributed by atoms with Crippen molar-refractivity contribution in [3.05, 3.63) is 0 Å². The Bertz CT molecular complexity index is 148. The SMILES string of the molecule is CC(C)(C)C(N)C(CO)SCCCO. The fourth-order valence-electron chi connectivity index (χ4n) is 1.13. The van der Waals surface area contributed by atoms with E-state index in [1.54, 1.807) is 11.8 Å². The third kappa shape index (κ3) is 5.20. The van der Waals surface area contributed by atoms with Crippen molar-refractivity contribution in [2.45, 2.75) is 38.5 Å². The number of aliphatic hydroxyl groups is 2. The van der Waals surface area contributed by atoms with Crippen LogP contribution in [-0.4, -0.2) is 40.5 Å². The molecule has 0 bridgehead atoms. The van der Waals surface area contributed by atoms with E-state index < -0.39 is 0 Å². The number of rotatable bonds is 6. The maximum absolute atomic E-state index is 9.20. The Morgan fingerprint density at radius 1 is 1.29 bits per heavy atom. The molecule has 0 aromatic rings. The molecule has 3 nitrogen and oxygen atoms in total. The summed E-state index contributed by atoms with van der Waals surface area (Å²) in [6.07, 6.45) is 0.762. The van der Waals surface area contributed by atoms with E-state index in [0.29, 0.717) is 0 Å². The maximum Gasteiger partial charge on any atom is 0.0565 e. The second-order valence-corrected chi connectivity index (χ2v) is 5.91. The predicted molar refractivity (Wildman–Crippen MR) is 62.5 cm³/mol. The highest BCUT2D eigenvalue weighted by atomic mass is 32.2. The minimum absolute atomic E-state index is 0.0135. The Morgan fingerprint density at radius 3 is 2.21 bits per heavy atom. The normalized spacial score (nSPS) is 16.7. The highest BCUT2D eigenvalue weighted by Gasteiger charge is 2.28. The van der Waals surface area contributed by atoms with Gasteiger partial charge in [0.05, 0.1) is 6.61 Å². The summed E-state index contributed by atoms with van der Waals surface area (Å²) in [4.78, 5) is 0. The fraction of sp³-hybridized carbons (Fsp3) is 1.00. The largest absolute Gasteiger partial charge is 0.396 e. The first kappa shape index (κ1) is 14.2. The van der Waals surface area contributed by atoms with Crippen LogP contribution in [-0.2, 0) is 0 Å². The van der Waals surface area contributed by atoms with Crippen LogP contribution in [0.15, 0.2) is 0 Å². The minimum Gasteiger partial charge on any atom is -0.396 e. The molecule has 0 saturated heterocycles. The van der Waals surface area contributed by atoms with Crippen LogP contribution in [0.2, 0.25) is 0 Å². The molecular formula is C10H23NO2S. The maximum atomic E-state index is 9.20. The summed E-state index contributed by atoms with van der Waals surface area (Å²) in [5.41, 5.74) is 6.06. The van der Waals surface area contributed by atoms with Crippen molar-refractivity contribution in [2.24, 2.45) is 11.1 Å². The molecule has 4 heteroatoms. The fourth-order valence-corrected chi connectivity index (χ4v) is 2.45. The van der Waals surface area contributed by atoms with Crippen molar-refractivity contribution in [3.63, 3.8) is 0 Å². The molecule has 0 spiro atoms. The van der Waals surface area contributed by atoms with Crippen LogP contribution in [0.5, 0.6) is 0 Å². The van der Waals surface area contributed by atoms with Crippen LogP contribution in [0.3, 0.4) is 0 Å². The van der Waals surface area contributed by atoms with Gasteiger partial charge in [0.1, 0.15) is 0 Å². The van der Waals surface area contributed by atoms with Crippen LogP contribution in [0.1, 0.15) is 27.2 Å². The van der Waals surface area contributed by atoms with Crippen LogP contribution >= 0.6 is 11.8 Å². The van der Waals surface area contributed by atoms with Crippen molar-refractivity contribution in [1.82, 2.24) is 0 Å². The third-order valence-electron chi connectivity index (χ3n) is 2.21. The molecule has 86 valence electrons. The summed E-state index contributed by atoms with van der Waals surface area (Å²) in [7, 11) is 0. The van der Waals surface area contributed by atoms with E-state index in [2.05, 4.69) is 20.8 Å². The Kier molecular flexibility index (Phi) is 6.78. The molecule has 2 atom stereocenters. The van der Waals surface area contributed by atoms with Gasteiger partial charge >= 0.3 is 0 Å². The zero-order chi connectivity index (χ0) is 11.2. The van der Waals surface area contributed by atoms with Crippen LogP contribution < -0.4 is 5.73 Å². The Hall–Kier alpha value is 0.230. The summed E-state index contributed by atoms with van der Waals surface area (Å²) >= 11 is 1.65. The molecule has 0 aliphatic carbocycles. The number of hydrogen-bond acceptors (Lipinski definition) is 4. The van der Waals surface area contributed by atoms with Gasteiger partial charge in [0.2, 0.25) is 0 Å². The van der Waals surface area contributed by atoms with Crippen LogP contribution in [0.4, 0.5) is 0 Å². The molecule has 14 heavy (non-hydrogen) atoms. The van der Waals surface area contributed by atoms with Gasteiger partial charge in [0.15, 0.2) is 0 Å². The summed E-state index contributed by atoms with van der Waals surface area (Å²) < 4.78 is 0. The van der Waals surface area contributed by atoms with E-state index in [1.807, 2.05) is 0 Å². The average molecular weight is 221 g/mol. The zero-order valence-electron chi connectivity index (χ0n) is 9.36. The van der Waals surface area contributed by atoms with Gasteiger partial charge in [-0.1, -0.05) is 20.8 Å². The van der Waals surface area contributed by atoms with Crippen molar-refractivity contribution in [2.75, 3.05) is 19.0 Å². The van der Waals surface area contributed by atoms with E-state index in [0.717, 1.165) is 12.2 Å². The Balaban J connectivity index is 3.99. The van der Waals surface area contributed by atoms with Gasteiger partial charge in [-0.25, -0.2) is 0 Å². The van der Waals surface area contributed by atoms with Gasteiger partial charge in [0, 0.05) is 17.9 Å². The third-order valence-corrected chi connectivity index (χ3v) is 3.61. The first-order valence-electron chi connectivity index (χ1n) is 5.02. The number of nitrogens with two attached hydrogens (primary N) is 1. The first-order chi connectivity index (χ1) is 6.43. The summed E-state index contributed by atoms with van der Waals surface area (Å²) in [5, 5.41) is 17.9. The molecule has 0 rings (SSSR count). The topological polar surface area (TPSA) is 66.5 Å². The average Bonchev–Trinajstić information content (AvgIpc) is 2.10. The standard InChI is InChI=1S/C10H23NO2S/c1-10(2,3)9(11)8(7-13)14-6-4-5-12/h8-9,12-13H,4-7,11H2,1-3H3. The van der Waals surface area contributed by atoms with E-state index in [4.69, 9.17) is 10.8 Å². The Morgan fingerprint density at radius 2 is 1.86 bits per heavy atom. The summed E-state index contributed by atoms with van der Waals surface area (Å²) in [6, 6.07) is -0.0174. The highest BCUT2D eigenvalue weighted by molar-refractivity contribution is 7.99. The second kappa shape index (κ2) is 6.67. The van der Waals surface area contributed by atoms with Gasteiger partial charge < -0.3 is 15.9 Å². The molecule has 0 aromatic heterocycles. The van der Waals surface area contributed by atoms with Gasteiger partial charge in [-0.05, 0) is 17.6 Å². The molecule has 0 amide bonds. The van der Waals surface area contributed by atoms with E-state index in [9.17, 15) is 5.11 Å². The zero-order valence-corrected chi connectivity index (χ0v) is 10.2. The van der Waals surface area contributed by atoms with Crippen LogP contribution in [0, 0.1) is 5.41 Å². The van der Waals surface area contributed by atoms with Crippen LogP contribution in [0.25, 0.3) is 0 Å². The molecule has 0 aliphatic heterocycles. The number of hydrogen-bond donors (Lipinski definition) is 3. The predicted octanol–water partition coefficient (Wildman–Crippen LogP) is 0.836. The lowest BCUT2D eigenvalue weighted by Gasteiger charge is -2.32. The molecule has 0 fully saturated rings. The van der Waals surface area contributed by atoms with E-state index in [-0.39, 0.29) is 29.9 Å². The first-order valence-corrected chi connectivity index (χ1v) is 6.07. The lowest BCUT2D eigenvalue weighted by molar-refractivity contribution is 0.233. The van der Waals surface area contributed by atoms with Crippen molar-refractivity contribution in [3.8, 4) is 0 Å². The van der Waals surface area contributed by atoms with Crippen molar-refractivity contribution in [1.29, 1.82) is 0 Å². The van der Waals surface area contributed by atoms with E-state index >= 15 is 0 Å². The minimum atomic E-state index is -0.0174. The quantitative estimate of drug-likeness (QED) is 0.581. The molecule has 4 N–H and O–H groups in total. The summed E-state index contributed by atoms with van der Waals surface area (Å²) in [6.45, 7) is 6.54. The molecule has 0 saturated carbocycles. The molecule has 0 heterocycles. The number of thioether (sulfide) groups is 1.